The molecule has 0 bridgehead atoms. The van der Waals surface area contributed by atoms with Crippen LogP contribution in [0.3, 0.4) is 0 Å². The fourth-order valence-electron chi connectivity index (χ4n) is 3.68. The van der Waals surface area contributed by atoms with Crippen LogP contribution < -0.4 is 0 Å². The minimum atomic E-state index is -0.103. The van der Waals surface area contributed by atoms with E-state index in [0.717, 1.165) is 54.7 Å². The molecule has 0 radical (unpaired) electrons. The number of benzene rings is 1. The molecule has 1 aromatic carbocycles. The highest BCUT2D eigenvalue weighted by atomic mass is 35.5. The number of hydrogen-bond donors (Lipinski definition) is 0. The number of nitrogens with zero attached hydrogens (tertiary/aromatic N) is 2. The summed E-state index contributed by atoms with van der Waals surface area (Å²) in [6.45, 7) is 2.81. The van der Waals surface area contributed by atoms with Crippen molar-refractivity contribution in [2.24, 2.45) is 0 Å². The second kappa shape index (κ2) is 5.77. The van der Waals surface area contributed by atoms with Gasteiger partial charge in [-0.3, -0.25) is 4.79 Å². The third-order valence-corrected chi connectivity index (χ3v) is 5.09. The molecule has 23 heavy (non-hydrogen) atoms. The van der Waals surface area contributed by atoms with Gasteiger partial charge in [0.05, 0.1) is 11.3 Å². The molecule has 1 unspecified atom stereocenters. The zero-order chi connectivity index (χ0) is 16.0. The highest BCUT2D eigenvalue weighted by molar-refractivity contribution is 6.34. The van der Waals surface area contributed by atoms with Crippen molar-refractivity contribution < 1.29 is 9.53 Å². The van der Waals surface area contributed by atoms with E-state index >= 15 is 0 Å². The summed E-state index contributed by atoms with van der Waals surface area (Å²) in [5.74, 6) is 0.00533. The molecular formula is C18H19ClN2O2. The predicted molar refractivity (Wildman–Crippen MR) is 88.1 cm³/mol. The van der Waals surface area contributed by atoms with Crippen LogP contribution in [0, 0.1) is 0 Å². The van der Waals surface area contributed by atoms with Crippen molar-refractivity contribution in [3.63, 3.8) is 0 Å². The summed E-state index contributed by atoms with van der Waals surface area (Å²) in [7, 11) is 0. The molecule has 4 rings (SSSR count). The molecule has 2 aliphatic rings. The Bertz CT molecular complexity index is 776. The Hall–Kier alpha value is -1.65. The van der Waals surface area contributed by atoms with Crippen LogP contribution in [-0.2, 0) is 17.6 Å². The van der Waals surface area contributed by atoms with Gasteiger partial charge in [0.2, 0.25) is 0 Å². The quantitative estimate of drug-likeness (QED) is 0.715. The number of aryl methyl sites for hydroxylation is 1. The highest BCUT2D eigenvalue weighted by Gasteiger charge is 2.34. The summed E-state index contributed by atoms with van der Waals surface area (Å²) >= 11 is 6.33. The highest BCUT2D eigenvalue weighted by Crippen LogP contribution is 2.36. The number of halogens is 1. The van der Waals surface area contributed by atoms with Gasteiger partial charge in [0.15, 0.2) is 17.2 Å². The van der Waals surface area contributed by atoms with Crippen LogP contribution in [0.1, 0.15) is 65.2 Å². The molecule has 1 aliphatic heterocycles. The van der Waals surface area contributed by atoms with Gasteiger partial charge in [0.25, 0.3) is 0 Å². The first kappa shape index (κ1) is 14.9. The Morgan fingerprint density at radius 2 is 2.22 bits per heavy atom. The van der Waals surface area contributed by atoms with E-state index < -0.39 is 0 Å². The van der Waals surface area contributed by atoms with Crippen LogP contribution in [0.2, 0.25) is 5.15 Å². The third kappa shape index (κ3) is 2.32. The lowest BCUT2D eigenvalue weighted by molar-refractivity contribution is -0.0409. The topological polar surface area (TPSA) is 44.1 Å². The molecule has 5 heteroatoms. The SMILES string of the molecule is CCc1cccc2c1C(=O)c1c(Cl)nn(C3CCCCO3)c1C2. The molecule has 0 N–H and O–H groups in total. The Balaban J connectivity index is 1.83. The molecule has 0 spiro atoms. The van der Waals surface area contributed by atoms with Crippen LogP contribution in [0.5, 0.6) is 0 Å². The summed E-state index contributed by atoms with van der Waals surface area (Å²) in [5.41, 5.74) is 4.42. The molecule has 4 nitrogen and oxygen atoms in total. The molecular weight excluding hydrogens is 312 g/mol. The molecule has 1 aliphatic carbocycles. The fourth-order valence-corrected chi connectivity index (χ4v) is 3.96. The standard InChI is InChI=1S/C18H19ClN2O2/c1-2-11-6-5-7-12-10-13-16(17(22)15(11)12)18(19)20-21(13)14-8-3-4-9-23-14/h5-7,14H,2-4,8-10H2,1H3. The maximum Gasteiger partial charge on any atom is 0.198 e. The number of carbonyl (C=O) groups excluding carboxylic acids is 1. The van der Waals surface area contributed by atoms with Gasteiger partial charge < -0.3 is 4.74 Å². The normalized spacial score (nSPS) is 20.3. The molecule has 1 saturated heterocycles. The molecule has 1 aromatic heterocycles. The van der Waals surface area contributed by atoms with Gasteiger partial charge >= 0.3 is 0 Å². The molecule has 0 saturated carbocycles. The summed E-state index contributed by atoms with van der Waals surface area (Å²) in [6.07, 6.45) is 4.52. The Morgan fingerprint density at radius 1 is 1.35 bits per heavy atom. The van der Waals surface area contributed by atoms with Crippen LogP contribution in [0.4, 0.5) is 0 Å². The molecule has 1 atom stereocenters. The van der Waals surface area contributed by atoms with E-state index in [9.17, 15) is 4.79 Å². The van der Waals surface area contributed by atoms with E-state index in [1.54, 1.807) is 0 Å². The first-order valence-electron chi connectivity index (χ1n) is 8.24. The van der Waals surface area contributed by atoms with Gasteiger partial charge in [-0.25, -0.2) is 4.68 Å². The van der Waals surface area contributed by atoms with Crippen LogP contribution >= 0.6 is 11.6 Å². The van der Waals surface area contributed by atoms with Crippen molar-refractivity contribution in [3.8, 4) is 0 Å². The van der Waals surface area contributed by atoms with E-state index in [0.29, 0.717) is 17.1 Å². The van der Waals surface area contributed by atoms with Gasteiger partial charge in [-0.15, -0.1) is 0 Å². The minimum Gasteiger partial charge on any atom is -0.357 e. The number of ketones is 1. The second-order valence-electron chi connectivity index (χ2n) is 6.19. The van der Waals surface area contributed by atoms with E-state index in [4.69, 9.17) is 16.3 Å². The predicted octanol–water partition coefficient (Wildman–Crippen LogP) is 3.93. The van der Waals surface area contributed by atoms with Crippen molar-refractivity contribution >= 4 is 17.4 Å². The van der Waals surface area contributed by atoms with Gasteiger partial charge in [-0.2, -0.15) is 5.10 Å². The van der Waals surface area contributed by atoms with Gasteiger partial charge in [0.1, 0.15) is 0 Å². The molecule has 1 fully saturated rings. The lowest BCUT2D eigenvalue weighted by atomic mass is 9.85. The average Bonchev–Trinajstić information content (AvgIpc) is 2.92. The van der Waals surface area contributed by atoms with E-state index in [1.165, 1.54) is 0 Å². The molecule has 0 amide bonds. The first-order valence-corrected chi connectivity index (χ1v) is 8.62. The van der Waals surface area contributed by atoms with Crippen molar-refractivity contribution in [3.05, 3.63) is 51.3 Å². The number of hydrogen-bond acceptors (Lipinski definition) is 3. The maximum atomic E-state index is 13.0. The first-order chi connectivity index (χ1) is 11.2. The number of carbonyl (C=O) groups is 1. The van der Waals surface area contributed by atoms with Gasteiger partial charge in [-0.1, -0.05) is 36.7 Å². The lowest BCUT2D eigenvalue weighted by Crippen LogP contribution is -2.24. The average molecular weight is 331 g/mol. The smallest absolute Gasteiger partial charge is 0.198 e. The maximum absolute atomic E-state index is 13.0. The fraction of sp³-hybridized carbons (Fsp3) is 0.444. The number of fused-ring (bicyclic) bond motifs is 2. The van der Waals surface area contributed by atoms with Crippen molar-refractivity contribution in [1.29, 1.82) is 0 Å². The largest absolute Gasteiger partial charge is 0.357 e. The van der Waals surface area contributed by atoms with Crippen molar-refractivity contribution in [2.45, 2.75) is 45.3 Å². The summed E-state index contributed by atoms with van der Waals surface area (Å²) < 4.78 is 7.69. The monoisotopic (exact) mass is 330 g/mol. The summed E-state index contributed by atoms with van der Waals surface area (Å²) in [6, 6.07) is 6.07. The van der Waals surface area contributed by atoms with Crippen LogP contribution in [0.25, 0.3) is 0 Å². The zero-order valence-corrected chi connectivity index (χ0v) is 13.9. The van der Waals surface area contributed by atoms with E-state index in [1.807, 2.05) is 22.9 Å². The summed E-state index contributed by atoms with van der Waals surface area (Å²) in [5, 5.41) is 4.74. The second-order valence-corrected chi connectivity index (χ2v) is 6.55. The number of aromatic nitrogens is 2. The molecule has 2 heterocycles. The van der Waals surface area contributed by atoms with Crippen LogP contribution in [0.15, 0.2) is 18.2 Å². The van der Waals surface area contributed by atoms with Crippen molar-refractivity contribution in [1.82, 2.24) is 9.78 Å². The van der Waals surface area contributed by atoms with Gasteiger partial charge in [0, 0.05) is 18.6 Å². The van der Waals surface area contributed by atoms with Crippen LogP contribution in [-0.4, -0.2) is 22.2 Å². The zero-order valence-electron chi connectivity index (χ0n) is 13.1. The Morgan fingerprint density at radius 3 is 2.96 bits per heavy atom. The van der Waals surface area contributed by atoms with E-state index in [-0.39, 0.29) is 12.0 Å². The minimum absolute atomic E-state index is 0.00533. The number of rotatable bonds is 2. The molecule has 120 valence electrons. The Kier molecular flexibility index (Phi) is 3.74. The Labute approximate surface area is 140 Å². The van der Waals surface area contributed by atoms with Gasteiger partial charge in [-0.05, 0) is 36.8 Å². The third-order valence-electron chi connectivity index (χ3n) is 4.83. The summed E-state index contributed by atoms with van der Waals surface area (Å²) in [4.78, 5) is 13.0. The molecule has 2 aromatic rings. The van der Waals surface area contributed by atoms with E-state index in [2.05, 4.69) is 12.0 Å². The van der Waals surface area contributed by atoms with Crippen molar-refractivity contribution in [2.75, 3.05) is 6.61 Å². The lowest BCUT2D eigenvalue weighted by Gasteiger charge is -2.26. The number of ether oxygens (including phenoxy) is 1.